The van der Waals surface area contributed by atoms with E-state index in [1.54, 1.807) is 18.5 Å². The van der Waals surface area contributed by atoms with Gasteiger partial charge in [0, 0.05) is 43.6 Å². The van der Waals surface area contributed by atoms with E-state index in [1.807, 2.05) is 79.0 Å². The molecule has 7 aromatic carbocycles. The Kier molecular flexibility index (Phi) is 6.82. The summed E-state index contributed by atoms with van der Waals surface area (Å²) in [6.45, 7) is 5.51. The molecule has 0 bridgehead atoms. The highest BCUT2D eigenvalue weighted by molar-refractivity contribution is 7.99. The molecule has 0 fully saturated rings. The van der Waals surface area contributed by atoms with Gasteiger partial charge in [-0.2, -0.15) is 0 Å². The van der Waals surface area contributed by atoms with Gasteiger partial charge in [-0.1, -0.05) is 154 Å². The van der Waals surface area contributed by atoms with E-state index in [0.29, 0.717) is 22.3 Å². The molecule has 10 aromatic rings. The third-order valence-corrected chi connectivity index (χ3v) is 21.6. The van der Waals surface area contributed by atoms with Gasteiger partial charge in [-0.3, -0.25) is 4.40 Å². The van der Waals surface area contributed by atoms with Crippen LogP contribution in [0.25, 0.3) is 93.1 Å². The monoisotopic (exact) mass is 874 g/mol. The molecule has 3 aromatic heterocycles. The Morgan fingerprint density at radius 1 is 0.698 bits per heavy atom. The Labute approximate surface area is 389 Å². The Hall–Kier alpha value is -6.12. The first kappa shape index (κ1) is 30.8. The number of nitrogens with zero attached hydrogens (tertiary/aromatic N) is 4. The number of hydrogen-bond donors (Lipinski definition) is 0. The predicted octanol–water partition coefficient (Wildman–Crippen LogP) is 14.9. The number of rotatable bonds is 3. The summed E-state index contributed by atoms with van der Waals surface area (Å²) in [4.78, 5) is 16.5. The molecule has 0 atom stereocenters. The van der Waals surface area contributed by atoms with Crippen molar-refractivity contribution < 1.29 is 11.0 Å². The van der Waals surface area contributed by atoms with E-state index < -0.39 is 33.2 Å². The molecule has 0 N–H and O–H groups in total. The fraction of sp³-hybridized carbons (Fsp3) is 0.161. The van der Waals surface area contributed by atoms with Gasteiger partial charge in [-0.25, -0.2) is 15.0 Å². The molecule has 0 radical (unpaired) electrons. The smallest absolute Gasteiger partial charge is 0.195 e. The minimum Gasteiger partial charge on any atom is -0.283 e. The number of hydrogen-bond acceptors (Lipinski definition) is 5. The van der Waals surface area contributed by atoms with Crippen LogP contribution in [-0.4, -0.2) is 27.4 Å². The van der Waals surface area contributed by atoms with E-state index in [0.717, 1.165) is 97.0 Å². The summed E-state index contributed by atoms with van der Waals surface area (Å²) >= 11 is 2.90. The van der Waals surface area contributed by atoms with E-state index in [4.69, 9.17) is 14.1 Å². The van der Waals surface area contributed by atoms with Crippen LogP contribution in [0.2, 0.25) is 13.1 Å². The van der Waals surface area contributed by atoms with Crippen LogP contribution in [0.4, 0.5) is 0 Å². The molecule has 306 valence electrons. The van der Waals surface area contributed by atoms with E-state index in [1.165, 1.54) is 30.0 Å². The zero-order valence-corrected chi connectivity index (χ0v) is 38.0. The predicted molar refractivity (Wildman–Crippen MR) is 269 cm³/mol. The Bertz CT molecular complexity index is 3890. The molecule has 0 amide bonds. The van der Waals surface area contributed by atoms with Crippen molar-refractivity contribution in [3.8, 4) is 66.9 Å². The lowest BCUT2D eigenvalue weighted by atomic mass is 9.81. The van der Waals surface area contributed by atoms with Crippen molar-refractivity contribution in [1.82, 2.24) is 19.4 Å². The molecular formula is C56H46N4S2Si. The van der Waals surface area contributed by atoms with Crippen LogP contribution in [0.3, 0.4) is 0 Å². The third-order valence-electron chi connectivity index (χ3n) is 14.0. The Morgan fingerprint density at radius 3 is 2.22 bits per heavy atom. The topological polar surface area (TPSA) is 43.1 Å². The van der Waals surface area contributed by atoms with Gasteiger partial charge in [0.15, 0.2) is 4.96 Å². The highest BCUT2D eigenvalue weighted by Crippen LogP contribution is 2.53. The normalized spacial score (nSPS) is 17.0. The maximum atomic E-state index is 9.19. The summed E-state index contributed by atoms with van der Waals surface area (Å²) in [5.41, 5.74) is 14.2. The van der Waals surface area contributed by atoms with Crippen molar-refractivity contribution in [2.45, 2.75) is 68.8 Å². The summed E-state index contributed by atoms with van der Waals surface area (Å²) in [6, 6.07) is 42.0. The molecule has 12 rings (SSSR count). The Morgan fingerprint density at radius 2 is 1.43 bits per heavy atom. The first-order chi connectivity index (χ1) is 33.6. The number of aryl methyl sites for hydroxylation is 3. The summed E-state index contributed by atoms with van der Waals surface area (Å²) in [5, 5.41) is 0.486. The average Bonchev–Trinajstić information content (AvgIpc) is 3.86. The SMILES string of the molecule is [2H]C([2H])([2H])c1cc2c(cc1-c1c(C([2H])([2H])C)ccc3c1sc1nc4ccccc4n13)[Si](C)(C)C(C)(C)c1ccc(C([2H])([2H])[2H])c(-c3ccc4c(c3)-c3ccccc3-c3ncncc3-c3ccccc3-4)c1S2. The molecule has 0 saturated heterocycles. The first-order valence-electron chi connectivity index (χ1n) is 25.2. The van der Waals surface area contributed by atoms with Gasteiger partial charge in [-0.15, -0.1) is 0 Å². The second-order valence-corrected chi connectivity index (χ2v) is 24.7. The van der Waals surface area contributed by atoms with Crippen molar-refractivity contribution >= 4 is 62.6 Å². The van der Waals surface area contributed by atoms with Crippen LogP contribution >= 0.6 is 23.1 Å². The van der Waals surface area contributed by atoms with Crippen molar-refractivity contribution in [2.24, 2.45) is 0 Å². The molecule has 4 heterocycles. The molecule has 1 aliphatic heterocycles. The van der Waals surface area contributed by atoms with Crippen molar-refractivity contribution in [3.63, 3.8) is 0 Å². The quantitative estimate of drug-likeness (QED) is 0.166. The van der Waals surface area contributed by atoms with Crippen molar-refractivity contribution in [3.05, 3.63) is 162 Å². The molecule has 0 saturated carbocycles. The van der Waals surface area contributed by atoms with Gasteiger partial charge in [0.25, 0.3) is 0 Å². The van der Waals surface area contributed by atoms with Crippen LogP contribution in [-0.2, 0) is 11.4 Å². The molecule has 2 aliphatic rings. The van der Waals surface area contributed by atoms with E-state index in [-0.39, 0.29) is 11.1 Å². The maximum absolute atomic E-state index is 9.19. The lowest BCUT2D eigenvalue weighted by Crippen LogP contribution is -2.57. The van der Waals surface area contributed by atoms with Crippen LogP contribution in [0.15, 0.2) is 150 Å². The van der Waals surface area contributed by atoms with Gasteiger partial charge in [-0.05, 0) is 127 Å². The number of imidazole rings is 1. The number of para-hydroxylation sites is 2. The van der Waals surface area contributed by atoms with Gasteiger partial charge < -0.3 is 0 Å². The fourth-order valence-corrected chi connectivity index (χ4v) is 16.4. The van der Waals surface area contributed by atoms with E-state index in [2.05, 4.69) is 78.8 Å². The lowest BCUT2D eigenvalue weighted by Gasteiger charge is -2.41. The van der Waals surface area contributed by atoms with Crippen LogP contribution in [0, 0.1) is 13.7 Å². The average molecular weight is 875 g/mol. The molecule has 4 nitrogen and oxygen atoms in total. The first-order valence-corrected chi connectivity index (χ1v) is 25.8. The fourth-order valence-electron chi connectivity index (χ4n) is 10.1. The molecule has 7 heteroatoms. The second-order valence-electron chi connectivity index (χ2n) is 17.7. The molecular weight excluding hydrogens is 821 g/mol. The maximum Gasteiger partial charge on any atom is 0.195 e. The number of fused-ring (bicyclic) bond motifs is 15. The van der Waals surface area contributed by atoms with Gasteiger partial charge in [0.2, 0.25) is 0 Å². The van der Waals surface area contributed by atoms with Crippen LogP contribution in [0.1, 0.15) is 54.0 Å². The minimum absolute atomic E-state index is 0.109. The minimum atomic E-state index is -2.78. The zero-order valence-electron chi connectivity index (χ0n) is 43.4. The number of aromatic nitrogens is 4. The summed E-state index contributed by atoms with van der Waals surface area (Å²) < 4.78 is 76.0. The number of thiazole rings is 1. The van der Waals surface area contributed by atoms with Gasteiger partial charge in [0.05, 0.1) is 35.0 Å². The van der Waals surface area contributed by atoms with Crippen LogP contribution < -0.4 is 5.19 Å². The lowest BCUT2D eigenvalue weighted by molar-refractivity contribution is 0.710. The largest absolute Gasteiger partial charge is 0.283 e. The summed E-state index contributed by atoms with van der Waals surface area (Å²) in [7, 11) is -2.78. The highest BCUT2D eigenvalue weighted by atomic mass is 32.2. The molecule has 0 unspecified atom stereocenters. The van der Waals surface area contributed by atoms with Gasteiger partial charge in [0.1, 0.15) is 6.33 Å². The van der Waals surface area contributed by atoms with Gasteiger partial charge >= 0.3 is 0 Å². The van der Waals surface area contributed by atoms with Crippen molar-refractivity contribution in [2.75, 3.05) is 0 Å². The van der Waals surface area contributed by atoms with E-state index >= 15 is 0 Å². The van der Waals surface area contributed by atoms with Crippen LogP contribution in [0.5, 0.6) is 0 Å². The Balaban J connectivity index is 1.13. The highest BCUT2D eigenvalue weighted by Gasteiger charge is 2.47. The van der Waals surface area contributed by atoms with Crippen molar-refractivity contribution in [1.29, 1.82) is 0 Å². The standard InChI is InChI=1S/C56H46N4S2Si/c1-8-34-23-26-47-54(62-55-59-45-19-13-14-20-46(45)60(47)55)51(34)41-29-49-48(27-33(41)3)61-53-44(56(4,5)63(49,6)7)25-21-32(2)50(53)35-22-24-39-36-15-9-10-16-37(36)43-30-57-31-58-52(43)40-18-12-11-17-38(40)42(39)28-35/h9-31H,8H2,1-7H3/i2D3,3D3,8D2. The summed E-state index contributed by atoms with van der Waals surface area (Å²) in [6.07, 6.45) is 1.61. The molecule has 63 heavy (non-hydrogen) atoms. The number of benzene rings is 7. The van der Waals surface area contributed by atoms with E-state index in [9.17, 15) is 6.85 Å². The summed E-state index contributed by atoms with van der Waals surface area (Å²) in [5.74, 6) is 0. The third kappa shape index (κ3) is 5.49. The molecule has 0 spiro atoms. The zero-order chi connectivity index (χ0) is 49.7. The molecule has 1 aliphatic carbocycles. The second kappa shape index (κ2) is 13.9.